The van der Waals surface area contributed by atoms with Gasteiger partial charge in [-0.3, -0.25) is 9.59 Å². The van der Waals surface area contributed by atoms with Crippen LogP contribution in [0.1, 0.15) is 30.1 Å². The third-order valence-electron chi connectivity index (χ3n) is 3.79. The first-order valence-electron chi connectivity index (χ1n) is 8.11. The summed E-state index contributed by atoms with van der Waals surface area (Å²) in [6, 6.07) is 14.1. The van der Waals surface area contributed by atoms with Crippen LogP contribution in [0.3, 0.4) is 0 Å². The van der Waals surface area contributed by atoms with E-state index >= 15 is 0 Å². The Hall–Kier alpha value is -2.82. The molecule has 0 radical (unpaired) electrons. The van der Waals surface area contributed by atoms with E-state index in [2.05, 4.69) is 10.6 Å². The Morgan fingerprint density at radius 3 is 2.08 bits per heavy atom. The highest BCUT2D eigenvalue weighted by atomic mass is 16.5. The maximum absolute atomic E-state index is 12.2. The van der Waals surface area contributed by atoms with Crippen molar-refractivity contribution >= 4 is 23.2 Å². The van der Waals surface area contributed by atoms with Crippen LogP contribution in [0.2, 0.25) is 0 Å². The van der Waals surface area contributed by atoms with Gasteiger partial charge in [0.2, 0.25) is 5.91 Å². The number of hydrogen-bond donors (Lipinski definition) is 2. The number of amides is 2. The summed E-state index contributed by atoms with van der Waals surface area (Å²) in [6.07, 6.45) is 1.95. The summed E-state index contributed by atoms with van der Waals surface area (Å²) in [4.78, 5) is 23.9. The molecule has 0 bridgehead atoms. The molecule has 1 aliphatic carbocycles. The zero-order chi connectivity index (χ0) is 16.9. The van der Waals surface area contributed by atoms with E-state index in [1.165, 1.54) is 0 Å². The first-order chi connectivity index (χ1) is 11.7. The van der Waals surface area contributed by atoms with E-state index in [1.54, 1.807) is 48.5 Å². The maximum atomic E-state index is 12.2. The molecule has 3 rings (SSSR count). The van der Waals surface area contributed by atoms with E-state index in [0.717, 1.165) is 24.3 Å². The monoisotopic (exact) mass is 324 g/mol. The molecule has 1 fully saturated rings. The minimum Gasteiger partial charge on any atom is -0.494 e. The quantitative estimate of drug-likeness (QED) is 0.851. The van der Waals surface area contributed by atoms with Gasteiger partial charge in [-0.05, 0) is 68.3 Å². The number of ether oxygens (including phenoxy) is 1. The number of carbonyl (C=O) groups is 2. The molecule has 0 atom stereocenters. The lowest BCUT2D eigenvalue weighted by Crippen LogP contribution is -2.14. The number of anilines is 2. The van der Waals surface area contributed by atoms with Gasteiger partial charge in [0.05, 0.1) is 6.61 Å². The number of hydrogen-bond acceptors (Lipinski definition) is 3. The van der Waals surface area contributed by atoms with E-state index < -0.39 is 0 Å². The van der Waals surface area contributed by atoms with Crippen molar-refractivity contribution in [1.29, 1.82) is 0 Å². The molecule has 1 saturated carbocycles. The van der Waals surface area contributed by atoms with Gasteiger partial charge in [0, 0.05) is 22.9 Å². The minimum absolute atomic E-state index is 0.0705. The van der Waals surface area contributed by atoms with Crippen LogP contribution in [0.4, 0.5) is 11.4 Å². The van der Waals surface area contributed by atoms with Gasteiger partial charge in [0.25, 0.3) is 5.91 Å². The number of rotatable bonds is 6. The summed E-state index contributed by atoms with van der Waals surface area (Å²) < 4.78 is 5.36. The van der Waals surface area contributed by atoms with Crippen molar-refractivity contribution in [1.82, 2.24) is 0 Å². The van der Waals surface area contributed by atoms with E-state index in [-0.39, 0.29) is 17.7 Å². The Morgan fingerprint density at radius 2 is 1.54 bits per heavy atom. The molecule has 2 amide bonds. The highest BCUT2D eigenvalue weighted by Crippen LogP contribution is 2.30. The molecule has 24 heavy (non-hydrogen) atoms. The largest absolute Gasteiger partial charge is 0.494 e. The summed E-state index contributed by atoms with van der Waals surface area (Å²) in [5, 5.41) is 5.70. The lowest BCUT2D eigenvalue weighted by atomic mass is 10.2. The molecule has 0 spiro atoms. The van der Waals surface area contributed by atoms with Crippen LogP contribution in [0.25, 0.3) is 0 Å². The highest BCUT2D eigenvalue weighted by molar-refractivity contribution is 6.04. The third-order valence-corrected chi connectivity index (χ3v) is 3.79. The molecule has 0 aliphatic heterocycles. The predicted octanol–water partition coefficient (Wildman–Crippen LogP) is 3.69. The summed E-state index contributed by atoms with van der Waals surface area (Å²) in [5.74, 6) is 0.794. The van der Waals surface area contributed by atoms with E-state index in [0.29, 0.717) is 17.9 Å². The molecule has 1 aliphatic rings. The average molecular weight is 324 g/mol. The molecule has 2 aromatic rings. The van der Waals surface area contributed by atoms with Crippen molar-refractivity contribution in [3.8, 4) is 5.75 Å². The van der Waals surface area contributed by atoms with Crippen LogP contribution in [0, 0.1) is 5.92 Å². The second kappa shape index (κ2) is 7.17. The lowest BCUT2D eigenvalue weighted by molar-refractivity contribution is -0.117. The first-order valence-corrected chi connectivity index (χ1v) is 8.11. The van der Waals surface area contributed by atoms with Crippen LogP contribution < -0.4 is 15.4 Å². The Balaban J connectivity index is 1.58. The predicted molar refractivity (Wildman–Crippen MR) is 93.4 cm³/mol. The summed E-state index contributed by atoms with van der Waals surface area (Å²) in [7, 11) is 0. The van der Waals surface area contributed by atoms with E-state index in [1.807, 2.05) is 6.92 Å². The average Bonchev–Trinajstić information content (AvgIpc) is 3.42. The Kier molecular flexibility index (Phi) is 4.79. The van der Waals surface area contributed by atoms with E-state index in [9.17, 15) is 9.59 Å². The number of carbonyl (C=O) groups excluding carboxylic acids is 2. The van der Waals surface area contributed by atoms with Gasteiger partial charge in [-0.1, -0.05) is 0 Å². The molecule has 124 valence electrons. The summed E-state index contributed by atoms with van der Waals surface area (Å²) in [6.45, 7) is 2.51. The fourth-order valence-electron chi connectivity index (χ4n) is 2.30. The van der Waals surface area contributed by atoms with Gasteiger partial charge in [0.1, 0.15) is 5.75 Å². The van der Waals surface area contributed by atoms with Crippen molar-refractivity contribution in [2.45, 2.75) is 19.8 Å². The van der Waals surface area contributed by atoms with Gasteiger partial charge in [-0.25, -0.2) is 0 Å². The van der Waals surface area contributed by atoms with Crippen LogP contribution in [0.15, 0.2) is 48.5 Å². The maximum Gasteiger partial charge on any atom is 0.255 e. The fourth-order valence-corrected chi connectivity index (χ4v) is 2.30. The van der Waals surface area contributed by atoms with Crippen LogP contribution in [-0.2, 0) is 4.79 Å². The second-order valence-electron chi connectivity index (χ2n) is 5.75. The fraction of sp³-hybridized carbons (Fsp3) is 0.263. The van der Waals surface area contributed by atoms with Gasteiger partial charge < -0.3 is 15.4 Å². The van der Waals surface area contributed by atoms with E-state index in [4.69, 9.17) is 4.74 Å². The first kappa shape index (κ1) is 16.1. The lowest BCUT2D eigenvalue weighted by Gasteiger charge is -2.08. The molecule has 0 unspecified atom stereocenters. The van der Waals surface area contributed by atoms with Gasteiger partial charge in [0.15, 0.2) is 0 Å². The standard InChI is InChI=1S/C19H20N2O3/c1-2-24-17-11-5-14(6-12-17)19(23)21-16-9-7-15(8-10-16)20-18(22)13-3-4-13/h5-13H,2-4H2,1H3,(H,20,22)(H,21,23). The molecule has 5 heteroatoms. The van der Waals surface area contributed by atoms with Crippen molar-refractivity contribution in [3.05, 3.63) is 54.1 Å². The second-order valence-corrected chi connectivity index (χ2v) is 5.75. The molecule has 5 nitrogen and oxygen atoms in total. The smallest absolute Gasteiger partial charge is 0.255 e. The third kappa shape index (κ3) is 4.13. The molecule has 0 saturated heterocycles. The number of nitrogens with one attached hydrogen (secondary N) is 2. The summed E-state index contributed by atoms with van der Waals surface area (Å²) in [5.41, 5.74) is 1.98. The van der Waals surface area contributed by atoms with Crippen molar-refractivity contribution in [2.75, 3.05) is 17.2 Å². The Bertz CT molecular complexity index is 719. The Labute approximate surface area is 141 Å². The van der Waals surface area contributed by atoms with Gasteiger partial charge >= 0.3 is 0 Å². The summed E-state index contributed by atoms with van der Waals surface area (Å²) >= 11 is 0. The minimum atomic E-state index is -0.187. The van der Waals surface area contributed by atoms with Crippen LogP contribution in [0.5, 0.6) is 5.75 Å². The van der Waals surface area contributed by atoms with Crippen LogP contribution in [-0.4, -0.2) is 18.4 Å². The highest BCUT2D eigenvalue weighted by Gasteiger charge is 2.29. The van der Waals surface area contributed by atoms with Gasteiger partial charge in [-0.2, -0.15) is 0 Å². The zero-order valence-electron chi connectivity index (χ0n) is 13.5. The molecular formula is C19H20N2O3. The van der Waals surface area contributed by atoms with Crippen molar-refractivity contribution in [3.63, 3.8) is 0 Å². The molecule has 0 aromatic heterocycles. The topological polar surface area (TPSA) is 67.4 Å². The zero-order valence-corrected chi connectivity index (χ0v) is 13.5. The number of benzene rings is 2. The van der Waals surface area contributed by atoms with Crippen molar-refractivity contribution < 1.29 is 14.3 Å². The molecule has 2 aromatic carbocycles. The molecule has 0 heterocycles. The molecule has 2 N–H and O–H groups in total. The Morgan fingerprint density at radius 1 is 0.958 bits per heavy atom. The van der Waals surface area contributed by atoms with Crippen molar-refractivity contribution in [2.24, 2.45) is 5.92 Å². The normalized spacial score (nSPS) is 13.2. The van der Waals surface area contributed by atoms with Gasteiger partial charge in [-0.15, -0.1) is 0 Å². The van der Waals surface area contributed by atoms with Crippen LogP contribution >= 0.6 is 0 Å². The SMILES string of the molecule is CCOc1ccc(C(=O)Nc2ccc(NC(=O)C3CC3)cc2)cc1. The molecular weight excluding hydrogens is 304 g/mol.